The van der Waals surface area contributed by atoms with Crippen LogP contribution in [0.5, 0.6) is 0 Å². The van der Waals surface area contributed by atoms with Gasteiger partial charge in [0.1, 0.15) is 11.6 Å². The minimum Gasteiger partial charge on any atom is -0.421 e. The lowest BCUT2D eigenvalue weighted by Gasteiger charge is -2.31. The number of guanidine groups is 1. The minimum atomic E-state index is -0.245. The number of halogens is 1. The van der Waals surface area contributed by atoms with Crippen LogP contribution in [0.3, 0.4) is 0 Å². The first-order valence-electron chi connectivity index (χ1n) is 10.2. The van der Waals surface area contributed by atoms with Gasteiger partial charge in [0.15, 0.2) is 5.58 Å². The second kappa shape index (κ2) is 8.05. The molecule has 162 valence electrons. The van der Waals surface area contributed by atoms with Gasteiger partial charge >= 0.3 is 6.01 Å². The Balaban J connectivity index is 1.53. The van der Waals surface area contributed by atoms with Crippen LogP contribution in [0.4, 0.5) is 11.7 Å². The first-order valence-corrected chi connectivity index (χ1v) is 10.5. The Kier molecular flexibility index (Phi) is 5.07. The third-order valence-electron chi connectivity index (χ3n) is 5.33. The van der Waals surface area contributed by atoms with Gasteiger partial charge in [0.2, 0.25) is 5.96 Å². The summed E-state index contributed by atoms with van der Waals surface area (Å²) in [6.07, 6.45) is 5.91. The second-order valence-electron chi connectivity index (χ2n) is 7.68. The third kappa shape index (κ3) is 3.80. The average Bonchev–Trinajstić information content (AvgIpc) is 3.37. The Bertz CT molecular complexity index is 1350. The standard InChI is InChI=1S/C23H22ClN7O/c1-14-10-20(16-6-3-4-7-17(16)24)27-22(31(14)13-15-11-26-30(2)12-15)29-23-28-19-9-5-8-18(25)21(19)32-23/h3-12,20H,13,25H2,1-2H3,(H,27,28,29). The summed E-state index contributed by atoms with van der Waals surface area (Å²) in [5, 5.41) is 8.20. The number of nitrogen functional groups attached to an aromatic ring is 1. The van der Waals surface area contributed by atoms with E-state index in [-0.39, 0.29) is 6.04 Å². The molecule has 0 fully saturated rings. The molecule has 0 saturated heterocycles. The molecule has 1 unspecified atom stereocenters. The average molecular weight is 448 g/mol. The summed E-state index contributed by atoms with van der Waals surface area (Å²) in [6.45, 7) is 2.63. The van der Waals surface area contributed by atoms with Crippen LogP contribution in [-0.4, -0.2) is 25.6 Å². The van der Waals surface area contributed by atoms with E-state index in [4.69, 9.17) is 26.7 Å². The summed E-state index contributed by atoms with van der Waals surface area (Å²) in [6, 6.07) is 13.3. The number of anilines is 2. The number of allylic oxidation sites excluding steroid dienone is 1. The number of nitrogens with two attached hydrogens (primary N) is 1. The first-order chi connectivity index (χ1) is 15.5. The topological polar surface area (TPSA) is 97.5 Å². The van der Waals surface area contributed by atoms with E-state index in [9.17, 15) is 0 Å². The van der Waals surface area contributed by atoms with E-state index in [1.165, 1.54) is 0 Å². The SMILES string of the molecule is CC1=CC(c2ccccc2Cl)N=C(Nc2nc3cccc(N)c3o2)N1Cc1cnn(C)c1. The summed E-state index contributed by atoms with van der Waals surface area (Å²) < 4.78 is 7.66. The molecule has 1 atom stereocenters. The van der Waals surface area contributed by atoms with Crippen molar-refractivity contribution in [1.82, 2.24) is 19.7 Å². The highest BCUT2D eigenvalue weighted by atomic mass is 35.5. The van der Waals surface area contributed by atoms with Crippen LogP contribution in [0.2, 0.25) is 5.02 Å². The van der Waals surface area contributed by atoms with Gasteiger partial charge in [0.25, 0.3) is 0 Å². The van der Waals surface area contributed by atoms with Gasteiger partial charge in [-0.05, 0) is 36.8 Å². The van der Waals surface area contributed by atoms with E-state index in [2.05, 4.69) is 26.4 Å². The van der Waals surface area contributed by atoms with E-state index in [0.29, 0.717) is 40.3 Å². The molecule has 4 aromatic rings. The normalized spacial score (nSPS) is 16.2. The molecule has 9 heteroatoms. The molecule has 1 aliphatic rings. The number of aryl methyl sites for hydroxylation is 1. The molecule has 2 aromatic carbocycles. The highest BCUT2D eigenvalue weighted by Gasteiger charge is 2.25. The van der Waals surface area contributed by atoms with E-state index in [1.807, 2.05) is 62.8 Å². The van der Waals surface area contributed by atoms with Crippen molar-refractivity contribution in [2.24, 2.45) is 12.0 Å². The first kappa shape index (κ1) is 20.1. The Labute approximate surface area is 190 Å². The minimum absolute atomic E-state index is 0.245. The fourth-order valence-electron chi connectivity index (χ4n) is 3.75. The van der Waals surface area contributed by atoms with Crippen molar-refractivity contribution in [2.45, 2.75) is 19.5 Å². The summed E-state index contributed by atoms with van der Waals surface area (Å²) in [5.74, 6) is 0.601. The zero-order valence-electron chi connectivity index (χ0n) is 17.7. The third-order valence-corrected chi connectivity index (χ3v) is 5.67. The largest absolute Gasteiger partial charge is 0.421 e. The van der Waals surface area contributed by atoms with Crippen LogP contribution in [-0.2, 0) is 13.6 Å². The quantitative estimate of drug-likeness (QED) is 0.439. The molecule has 0 spiro atoms. The van der Waals surface area contributed by atoms with Crippen molar-refractivity contribution in [3.63, 3.8) is 0 Å². The van der Waals surface area contributed by atoms with Gasteiger partial charge in [-0.25, -0.2) is 4.99 Å². The van der Waals surface area contributed by atoms with Crippen molar-refractivity contribution in [3.8, 4) is 0 Å². The number of nitrogens with zero attached hydrogens (tertiary/aromatic N) is 5. The Morgan fingerprint density at radius 2 is 2.03 bits per heavy atom. The van der Waals surface area contributed by atoms with Crippen molar-refractivity contribution in [3.05, 3.63) is 82.8 Å². The molecule has 8 nitrogen and oxygen atoms in total. The van der Waals surface area contributed by atoms with Gasteiger partial charge in [-0.2, -0.15) is 10.1 Å². The number of rotatable bonds is 4. The number of para-hydroxylation sites is 1. The number of hydrogen-bond acceptors (Lipinski definition) is 7. The van der Waals surface area contributed by atoms with E-state index < -0.39 is 0 Å². The maximum absolute atomic E-state index is 6.46. The molecular weight excluding hydrogens is 426 g/mol. The number of nitrogens with one attached hydrogen (secondary N) is 1. The van der Waals surface area contributed by atoms with Gasteiger partial charge in [0, 0.05) is 29.5 Å². The van der Waals surface area contributed by atoms with Gasteiger partial charge in [-0.1, -0.05) is 35.9 Å². The van der Waals surface area contributed by atoms with Crippen molar-refractivity contribution in [2.75, 3.05) is 11.1 Å². The fourth-order valence-corrected chi connectivity index (χ4v) is 4.00. The zero-order chi connectivity index (χ0) is 22.2. The highest BCUT2D eigenvalue weighted by molar-refractivity contribution is 6.31. The van der Waals surface area contributed by atoms with Gasteiger partial charge in [-0.15, -0.1) is 0 Å². The molecule has 0 aliphatic carbocycles. The van der Waals surface area contributed by atoms with E-state index in [0.717, 1.165) is 16.8 Å². The lowest BCUT2D eigenvalue weighted by Crippen LogP contribution is -2.37. The van der Waals surface area contributed by atoms with Crippen LogP contribution in [0, 0.1) is 0 Å². The molecule has 0 saturated carbocycles. The highest BCUT2D eigenvalue weighted by Crippen LogP contribution is 2.33. The number of aliphatic imine (C=N–C) groups is 1. The number of oxazole rings is 1. The monoisotopic (exact) mass is 447 g/mol. The van der Waals surface area contributed by atoms with Crippen LogP contribution < -0.4 is 11.1 Å². The Hall–Kier alpha value is -3.78. The maximum atomic E-state index is 6.46. The van der Waals surface area contributed by atoms with Crippen LogP contribution in [0.15, 0.2) is 76.0 Å². The maximum Gasteiger partial charge on any atom is 0.302 e. The molecule has 5 rings (SSSR count). The lowest BCUT2D eigenvalue weighted by atomic mass is 10.0. The summed E-state index contributed by atoms with van der Waals surface area (Å²) in [5.41, 5.74) is 10.8. The van der Waals surface area contributed by atoms with Crippen molar-refractivity contribution < 1.29 is 4.42 Å². The number of hydrogen-bond donors (Lipinski definition) is 2. The Morgan fingerprint density at radius 1 is 1.19 bits per heavy atom. The summed E-state index contributed by atoms with van der Waals surface area (Å²) in [4.78, 5) is 11.5. The van der Waals surface area contributed by atoms with Gasteiger partial charge in [-0.3, -0.25) is 10.00 Å². The number of fused-ring (bicyclic) bond motifs is 1. The molecular formula is C23H22ClN7O. The lowest BCUT2D eigenvalue weighted by molar-refractivity contribution is 0.482. The smallest absolute Gasteiger partial charge is 0.302 e. The predicted octanol–water partition coefficient (Wildman–Crippen LogP) is 4.73. The molecule has 1 aliphatic heterocycles. The molecule has 3 N–H and O–H groups in total. The number of benzene rings is 2. The van der Waals surface area contributed by atoms with Crippen molar-refractivity contribution >= 4 is 40.4 Å². The van der Waals surface area contributed by atoms with Crippen LogP contribution >= 0.6 is 11.6 Å². The summed E-state index contributed by atoms with van der Waals surface area (Å²) in [7, 11) is 1.89. The van der Waals surface area contributed by atoms with Crippen molar-refractivity contribution in [1.29, 1.82) is 0 Å². The molecule has 32 heavy (non-hydrogen) atoms. The molecule has 2 aromatic heterocycles. The molecule has 0 amide bonds. The zero-order valence-corrected chi connectivity index (χ0v) is 18.4. The fraction of sp³-hybridized carbons (Fsp3) is 0.174. The molecule has 3 heterocycles. The van der Waals surface area contributed by atoms with E-state index in [1.54, 1.807) is 10.7 Å². The van der Waals surface area contributed by atoms with Crippen LogP contribution in [0.25, 0.3) is 11.1 Å². The van der Waals surface area contributed by atoms with Crippen LogP contribution in [0.1, 0.15) is 24.1 Å². The second-order valence-corrected chi connectivity index (χ2v) is 8.08. The molecule has 0 bridgehead atoms. The summed E-state index contributed by atoms with van der Waals surface area (Å²) >= 11 is 6.46. The van der Waals surface area contributed by atoms with Gasteiger partial charge < -0.3 is 15.1 Å². The molecule has 0 radical (unpaired) electrons. The number of aromatic nitrogens is 3. The predicted molar refractivity (Wildman–Crippen MR) is 126 cm³/mol. The van der Waals surface area contributed by atoms with E-state index >= 15 is 0 Å². The Morgan fingerprint density at radius 3 is 2.78 bits per heavy atom. The van der Waals surface area contributed by atoms with Gasteiger partial charge in [0.05, 0.1) is 18.4 Å².